The Morgan fingerprint density at radius 3 is 2.41 bits per heavy atom. The Bertz CT molecular complexity index is 785. The van der Waals surface area contributed by atoms with Crippen molar-refractivity contribution in [1.82, 2.24) is 10.2 Å². The van der Waals surface area contributed by atoms with Crippen LogP contribution >= 0.6 is 0 Å². The lowest BCUT2D eigenvalue weighted by atomic mass is 9.94. The van der Waals surface area contributed by atoms with Crippen LogP contribution in [0.4, 0.5) is 4.39 Å². The third-order valence-electron chi connectivity index (χ3n) is 5.23. The Morgan fingerprint density at radius 2 is 1.85 bits per heavy atom. The van der Waals surface area contributed by atoms with Gasteiger partial charge in [0.1, 0.15) is 11.6 Å². The molecular formula is C22H27FN2O2. The first kappa shape index (κ1) is 19.4. The highest BCUT2D eigenvalue weighted by Gasteiger charge is 2.52. The zero-order valence-electron chi connectivity index (χ0n) is 16.2. The molecule has 3 rings (SSSR count). The molecule has 0 spiro atoms. The molecule has 1 fully saturated rings. The van der Waals surface area contributed by atoms with E-state index >= 15 is 0 Å². The number of ether oxygens (including phenoxy) is 1. The van der Waals surface area contributed by atoms with Gasteiger partial charge in [0.15, 0.2) is 0 Å². The van der Waals surface area contributed by atoms with Gasteiger partial charge in [-0.15, -0.1) is 0 Å². The van der Waals surface area contributed by atoms with Crippen molar-refractivity contribution in [3.05, 3.63) is 65.5 Å². The van der Waals surface area contributed by atoms with Crippen LogP contribution in [0.15, 0.2) is 48.5 Å². The van der Waals surface area contributed by atoms with Gasteiger partial charge in [-0.05, 0) is 57.6 Å². The number of likely N-dealkylation sites (N-methyl/N-ethyl adjacent to an activating group) is 1. The zero-order valence-corrected chi connectivity index (χ0v) is 16.2. The Hall–Kier alpha value is -2.40. The van der Waals surface area contributed by atoms with E-state index in [0.29, 0.717) is 31.6 Å². The number of rotatable bonds is 8. The standard InChI is InChI=1S/C22H27FN2O2/c1-4-27-17-11-9-16(10-12-17)20(25(2)3)15-24-21(26)22(13-14-22)18-7-5-6-8-19(18)23/h5-12,20H,4,13-15H2,1-3H3,(H,24,26). The summed E-state index contributed by atoms with van der Waals surface area (Å²) in [6.45, 7) is 3.05. The van der Waals surface area contributed by atoms with E-state index in [1.54, 1.807) is 18.2 Å². The summed E-state index contributed by atoms with van der Waals surface area (Å²) in [6, 6.07) is 14.5. The van der Waals surface area contributed by atoms with Crippen molar-refractivity contribution in [3.63, 3.8) is 0 Å². The Morgan fingerprint density at radius 1 is 1.19 bits per heavy atom. The van der Waals surface area contributed by atoms with Crippen LogP contribution in [-0.4, -0.2) is 38.1 Å². The first-order valence-electron chi connectivity index (χ1n) is 9.40. The number of halogens is 1. The van der Waals surface area contributed by atoms with Crippen molar-refractivity contribution in [1.29, 1.82) is 0 Å². The van der Waals surface area contributed by atoms with Crippen LogP contribution in [0.3, 0.4) is 0 Å². The van der Waals surface area contributed by atoms with Crippen LogP contribution in [0.25, 0.3) is 0 Å². The van der Waals surface area contributed by atoms with Gasteiger partial charge in [-0.2, -0.15) is 0 Å². The molecule has 144 valence electrons. The molecule has 5 heteroatoms. The van der Waals surface area contributed by atoms with Gasteiger partial charge in [-0.1, -0.05) is 30.3 Å². The molecule has 27 heavy (non-hydrogen) atoms. The number of hydrogen-bond donors (Lipinski definition) is 1. The Labute approximate surface area is 160 Å². The summed E-state index contributed by atoms with van der Waals surface area (Å²) in [5.41, 5.74) is 0.894. The molecule has 1 unspecified atom stereocenters. The van der Waals surface area contributed by atoms with Crippen LogP contribution in [0.5, 0.6) is 5.75 Å². The summed E-state index contributed by atoms with van der Waals surface area (Å²) in [5, 5.41) is 3.05. The second kappa shape index (κ2) is 8.09. The van der Waals surface area contributed by atoms with E-state index in [1.807, 2.05) is 45.3 Å². The summed E-state index contributed by atoms with van der Waals surface area (Å²) >= 11 is 0. The van der Waals surface area contributed by atoms with Crippen molar-refractivity contribution in [2.75, 3.05) is 27.2 Å². The molecule has 1 saturated carbocycles. The lowest BCUT2D eigenvalue weighted by Crippen LogP contribution is -2.40. The second-order valence-corrected chi connectivity index (χ2v) is 7.25. The van der Waals surface area contributed by atoms with Gasteiger partial charge in [0.2, 0.25) is 5.91 Å². The van der Waals surface area contributed by atoms with E-state index in [0.717, 1.165) is 11.3 Å². The first-order chi connectivity index (χ1) is 13.0. The average Bonchev–Trinajstić information content (AvgIpc) is 3.45. The molecule has 0 bridgehead atoms. The van der Waals surface area contributed by atoms with E-state index in [4.69, 9.17) is 4.74 Å². The molecule has 0 heterocycles. The van der Waals surface area contributed by atoms with Gasteiger partial charge >= 0.3 is 0 Å². The third kappa shape index (κ3) is 4.14. The van der Waals surface area contributed by atoms with Crippen LogP contribution < -0.4 is 10.1 Å². The molecule has 0 aliphatic heterocycles. The Balaban J connectivity index is 1.69. The Kier molecular flexibility index (Phi) is 5.80. The van der Waals surface area contributed by atoms with Crippen LogP contribution in [0.2, 0.25) is 0 Å². The lowest BCUT2D eigenvalue weighted by molar-refractivity contribution is -0.123. The minimum atomic E-state index is -0.707. The summed E-state index contributed by atoms with van der Waals surface area (Å²) in [7, 11) is 3.97. The fourth-order valence-electron chi connectivity index (χ4n) is 3.50. The van der Waals surface area contributed by atoms with Crippen molar-refractivity contribution in [2.45, 2.75) is 31.2 Å². The molecule has 1 aliphatic carbocycles. The monoisotopic (exact) mass is 370 g/mol. The summed E-state index contributed by atoms with van der Waals surface area (Å²) in [4.78, 5) is 14.9. The molecule has 1 amide bonds. The highest BCUT2D eigenvalue weighted by Crippen LogP contribution is 2.49. The van der Waals surface area contributed by atoms with E-state index < -0.39 is 5.41 Å². The van der Waals surface area contributed by atoms with Crippen molar-refractivity contribution >= 4 is 5.91 Å². The summed E-state index contributed by atoms with van der Waals surface area (Å²) < 4.78 is 19.7. The van der Waals surface area contributed by atoms with E-state index in [9.17, 15) is 9.18 Å². The first-order valence-corrected chi connectivity index (χ1v) is 9.40. The number of hydrogen-bond acceptors (Lipinski definition) is 3. The predicted octanol–water partition coefficient (Wildman–Crippen LogP) is 3.68. The predicted molar refractivity (Wildman–Crippen MR) is 104 cm³/mol. The summed E-state index contributed by atoms with van der Waals surface area (Å²) in [5.74, 6) is 0.436. The van der Waals surface area contributed by atoms with Gasteiger partial charge in [-0.3, -0.25) is 4.79 Å². The van der Waals surface area contributed by atoms with Gasteiger partial charge in [0.05, 0.1) is 18.1 Å². The molecule has 1 atom stereocenters. The van der Waals surface area contributed by atoms with Gasteiger partial charge in [0.25, 0.3) is 0 Å². The number of amides is 1. The van der Waals surface area contributed by atoms with Crippen molar-refractivity contribution in [2.24, 2.45) is 0 Å². The molecule has 0 radical (unpaired) electrons. The lowest BCUT2D eigenvalue weighted by Gasteiger charge is -2.26. The smallest absolute Gasteiger partial charge is 0.230 e. The van der Waals surface area contributed by atoms with Crippen LogP contribution in [-0.2, 0) is 10.2 Å². The maximum atomic E-state index is 14.2. The largest absolute Gasteiger partial charge is 0.494 e. The average molecular weight is 370 g/mol. The minimum absolute atomic E-state index is 0.0287. The van der Waals surface area contributed by atoms with E-state index in [1.165, 1.54) is 6.07 Å². The number of carbonyl (C=O) groups excluding carboxylic acids is 1. The van der Waals surface area contributed by atoms with Crippen LogP contribution in [0, 0.1) is 5.82 Å². The number of benzene rings is 2. The second-order valence-electron chi connectivity index (χ2n) is 7.25. The summed E-state index contributed by atoms with van der Waals surface area (Å²) in [6.07, 6.45) is 1.38. The quantitative estimate of drug-likeness (QED) is 0.771. The molecule has 1 aliphatic rings. The fourth-order valence-corrected chi connectivity index (χ4v) is 3.50. The highest BCUT2D eigenvalue weighted by molar-refractivity contribution is 5.91. The maximum Gasteiger partial charge on any atom is 0.230 e. The van der Waals surface area contributed by atoms with E-state index in [-0.39, 0.29) is 17.8 Å². The molecule has 0 aromatic heterocycles. The van der Waals surface area contributed by atoms with Gasteiger partial charge in [-0.25, -0.2) is 4.39 Å². The molecule has 1 N–H and O–H groups in total. The number of nitrogens with one attached hydrogen (secondary N) is 1. The normalized spacial score (nSPS) is 16.0. The molecule has 4 nitrogen and oxygen atoms in total. The number of nitrogens with zero attached hydrogens (tertiary/aromatic N) is 1. The molecule has 0 saturated heterocycles. The van der Waals surface area contributed by atoms with Crippen molar-refractivity contribution < 1.29 is 13.9 Å². The van der Waals surface area contributed by atoms with Crippen LogP contribution in [0.1, 0.15) is 36.9 Å². The van der Waals surface area contributed by atoms with Gasteiger partial charge in [0, 0.05) is 12.1 Å². The highest BCUT2D eigenvalue weighted by atomic mass is 19.1. The number of carbonyl (C=O) groups is 1. The molecular weight excluding hydrogens is 343 g/mol. The fraction of sp³-hybridized carbons (Fsp3) is 0.409. The van der Waals surface area contributed by atoms with Crippen molar-refractivity contribution in [3.8, 4) is 5.75 Å². The minimum Gasteiger partial charge on any atom is -0.494 e. The van der Waals surface area contributed by atoms with Gasteiger partial charge < -0.3 is 15.0 Å². The maximum absolute atomic E-state index is 14.2. The molecule has 2 aromatic rings. The molecule has 2 aromatic carbocycles. The zero-order chi connectivity index (χ0) is 19.4. The van der Waals surface area contributed by atoms with E-state index in [2.05, 4.69) is 10.2 Å². The SMILES string of the molecule is CCOc1ccc(C(CNC(=O)C2(c3ccccc3F)CC2)N(C)C)cc1. The topological polar surface area (TPSA) is 41.6 Å². The third-order valence-corrected chi connectivity index (χ3v) is 5.23.